The smallest absolute Gasteiger partial charge is 0.359 e. The first kappa shape index (κ1) is 28.3. The Morgan fingerprint density at radius 1 is 1.23 bits per heavy atom. The molecular weight excluding hydrogens is 498 g/mol. The number of ether oxygens (including phenoxy) is 1. The summed E-state index contributed by atoms with van der Waals surface area (Å²) in [6.45, 7) is 8.26. The van der Waals surface area contributed by atoms with Gasteiger partial charge in [-0.25, -0.2) is 4.98 Å². The number of rotatable bonds is 9. The van der Waals surface area contributed by atoms with E-state index in [2.05, 4.69) is 9.97 Å². The zero-order chi connectivity index (χ0) is 26.3. The minimum Gasteiger partial charge on any atom is -0.388 e. The van der Waals surface area contributed by atoms with Gasteiger partial charge < -0.3 is 34.5 Å². The minimum atomic E-state index is -4.47. The molecule has 196 valence electrons. The summed E-state index contributed by atoms with van der Waals surface area (Å²) < 4.78 is 38.5. The SMILES string of the molecule is CCC(C)(CC1OC(c2cc3c(C)cc(F)nc3[nH]c2=S)C(O)C1O)OP(=O)(O)C(O)(CC)CC. The first-order valence-electron chi connectivity index (χ1n) is 11.7. The fraction of sp³-hybridized carbons (Fsp3) is 0.652. The van der Waals surface area contributed by atoms with Crippen LogP contribution in [-0.2, 0) is 13.8 Å². The number of aliphatic hydroxyl groups is 3. The van der Waals surface area contributed by atoms with Crippen molar-refractivity contribution in [2.75, 3.05) is 0 Å². The second kappa shape index (κ2) is 10.2. The summed E-state index contributed by atoms with van der Waals surface area (Å²) in [5.74, 6) is -0.654. The quantitative estimate of drug-likeness (QED) is 0.182. The van der Waals surface area contributed by atoms with Gasteiger partial charge in [0, 0.05) is 17.4 Å². The lowest BCUT2D eigenvalue weighted by Crippen LogP contribution is -2.40. The van der Waals surface area contributed by atoms with E-state index < -0.39 is 48.9 Å². The average molecular weight is 533 g/mol. The first-order valence-corrected chi connectivity index (χ1v) is 13.7. The van der Waals surface area contributed by atoms with Gasteiger partial charge in [-0.1, -0.05) is 33.0 Å². The van der Waals surface area contributed by atoms with Crippen LogP contribution in [-0.4, -0.2) is 59.4 Å². The van der Waals surface area contributed by atoms with Crippen LogP contribution >= 0.6 is 19.8 Å². The van der Waals surface area contributed by atoms with E-state index in [1.807, 2.05) is 0 Å². The molecule has 6 atom stereocenters. The van der Waals surface area contributed by atoms with Crippen molar-refractivity contribution < 1.29 is 38.4 Å². The molecule has 5 N–H and O–H groups in total. The molecule has 1 aliphatic rings. The highest BCUT2D eigenvalue weighted by Crippen LogP contribution is 2.60. The van der Waals surface area contributed by atoms with Crippen molar-refractivity contribution in [3.8, 4) is 0 Å². The molecular formula is C23H34FN2O7PS. The van der Waals surface area contributed by atoms with Crippen LogP contribution < -0.4 is 0 Å². The van der Waals surface area contributed by atoms with E-state index in [4.69, 9.17) is 21.5 Å². The number of aryl methyl sites for hydroxylation is 1. The Balaban J connectivity index is 1.89. The van der Waals surface area contributed by atoms with Crippen LogP contribution in [0.15, 0.2) is 12.1 Å². The van der Waals surface area contributed by atoms with Gasteiger partial charge in [-0.2, -0.15) is 4.39 Å². The molecule has 3 heterocycles. The Kier molecular flexibility index (Phi) is 8.26. The summed E-state index contributed by atoms with van der Waals surface area (Å²) in [4.78, 5) is 17.3. The zero-order valence-corrected chi connectivity index (χ0v) is 22.2. The number of hydrogen-bond acceptors (Lipinski definition) is 8. The van der Waals surface area contributed by atoms with E-state index in [-0.39, 0.29) is 36.0 Å². The van der Waals surface area contributed by atoms with Crippen LogP contribution in [0.25, 0.3) is 11.0 Å². The van der Waals surface area contributed by atoms with Crippen LogP contribution in [0.3, 0.4) is 0 Å². The van der Waals surface area contributed by atoms with Gasteiger partial charge in [0.1, 0.15) is 28.6 Å². The largest absolute Gasteiger partial charge is 0.388 e. The molecule has 6 unspecified atom stereocenters. The first-order chi connectivity index (χ1) is 16.2. The Hall–Kier alpha value is -1.30. The molecule has 1 aliphatic heterocycles. The van der Waals surface area contributed by atoms with Gasteiger partial charge >= 0.3 is 7.60 Å². The molecule has 0 spiro atoms. The van der Waals surface area contributed by atoms with Gasteiger partial charge in [-0.05, 0) is 50.8 Å². The third-order valence-electron chi connectivity index (χ3n) is 7.08. The number of H-pyrrole nitrogens is 1. The second-order valence-corrected chi connectivity index (χ2v) is 11.9. The number of nitrogens with zero attached hydrogens (tertiary/aromatic N) is 1. The molecule has 35 heavy (non-hydrogen) atoms. The molecule has 1 saturated heterocycles. The number of aromatic amines is 1. The maximum Gasteiger partial charge on any atom is 0.359 e. The van der Waals surface area contributed by atoms with Crippen LogP contribution in [0, 0.1) is 17.5 Å². The van der Waals surface area contributed by atoms with Crippen LogP contribution in [0.4, 0.5) is 4.39 Å². The minimum absolute atomic E-state index is 0.0257. The molecule has 0 saturated carbocycles. The Morgan fingerprint density at radius 3 is 2.43 bits per heavy atom. The molecule has 2 aromatic rings. The van der Waals surface area contributed by atoms with Crippen molar-refractivity contribution in [2.24, 2.45) is 0 Å². The normalized spacial score (nSPS) is 26.6. The molecule has 0 amide bonds. The van der Waals surface area contributed by atoms with Gasteiger partial charge in [0.2, 0.25) is 5.95 Å². The summed E-state index contributed by atoms with van der Waals surface area (Å²) in [5, 5.41) is 30.9. The Morgan fingerprint density at radius 2 is 1.86 bits per heavy atom. The van der Waals surface area contributed by atoms with Gasteiger partial charge in [0.05, 0.1) is 11.7 Å². The maximum atomic E-state index is 13.7. The van der Waals surface area contributed by atoms with Crippen molar-refractivity contribution >= 4 is 30.8 Å². The van der Waals surface area contributed by atoms with Gasteiger partial charge in [-0.3, -0.25) is 4.57 Å². The summed E-state index contributed by atoms with van der Waals surface area (Å²) >= 11 is 5.39. The highest BCUT2D eigenvalue weighted by molar-refractivity contribution is 7.71. The molecule has 0 radical (unpaired) electrons. The van der Waals surface area contributed by atoms with Crippen LogP contribution in [0.1, 0.15) is 70.6 Å². The highest BCUT2D eigenvalue weighted by Gasteiger charge is 2.51. The second-order valence-electron chi connectivity index (χ2n) is 9.46. The van der Waals surface area contributed by atoms with Crippen molar-refractivity contribution in [3.63, 3.8) is 0 Å². The Labute approximate surface area is 208 Å². The molecule has 0 aliphatic carbocycles. The third-order valence-corrected chi connectivity index (χ3v) is 9.79. The van der Waals surface area contributed by atoms with Crippen molar-refractivity contribution in [1.29, 1.82) is 0 Å². The van der Waals surface area contributed by atoms with Crippen molar-refractivity contribution in [3.05, 3.63) is 33.8 Å². The zero-order valence-electron chi connectivity index (χ0n) is 20.5. The fourth-order valence-electron chi connectivity index (χ4n) is 4.41. The predicted octanol–water partition coefficient (Wildman–Crippen LogP) is 4.17. The van der Waals surface area contributed by atoms with Crippen molar-refractivity contribution in [2.45, 2.75) is 95.7 Å². The third kappa shape index (κ3) is 5.38. The standard InChI is InChI=1S/C23H34FN2O7PS/c1-6-22(5,33-34(30,31)23(29,7-2)8-3)11-15-17(27)18(28)19(32-15)14-10-13-12(4)9-16(24)25-20(13)26-21(14)35/h9-10,15,17-19,27-29H,6-8,11H2,1-5H3,(H,30,31)(H,25,26,35). The van der Waals surface area contributed by atoms with Crippen molar-refractivity contribution in [1.82, 2.24) is 9.97 Å². The molecule has 9 nitrogen and oxygen atoms in total. The summed E-state index contributed by atoms with van der Waals surface area (Å²) in [6.07, 6.45) is -4.32. The lowest BCUT2D eigenvalue weighted by molar-refractivity contribution is -0.0544. The van der Waals surface area contributed by atoms with Crippen LogP contribution in [0.2, 0.25) is 0 Å². The molecule has 0 aromatic carbocycles. The van der Waals surface area contributed by atoms with E-state index in [9.17, 15) is 29.2 Å². The molecule has 1 fully saturated rings. The van der Waals surface area contributed by atoms with Crippen LogP contribution in [0.5, 0.6) is 0 Å². The Bertz CT molecular complexity index is 1190. The average Bonchev–Trinajstić information content (AvgIpc) is 3.05. The van der Waals surface area contributed by atoms with E-state index in [1.165, 1.54) is 6.07 Å². The lowest BCUT2D eigenvalue weighted by Gasteiger charge is -2.38. The topological polar surface area (TPSA) is 145 Å². The number of aromatic nitrogens is 2. The number of hydrogen-bond donors (Lipinski definition) is 5. The van der Waals surface area contributed by atoms with E-state index >= 15 is 0 Å². The highest BCUT2D eigenvalue weighted by atomic mass is 32.1. The molecule has 3 rings (SSSR count). The summed E-state index contributed by atoms with van der Waals surface area (Å²) in [5.41, 5.74) is 0.0180. The molecule has 2 aromatic heterocycles. The van der Waals surface area contributed by atoms with E-state index in [0.717, 1.165) is 0 Å². The number of halogens is 1. The maximum absolute atomic E-state index is 13.7. The summed E-state index contributed by atoms with van der Waals surface area (Å²) in [6, 6.07) is 2.93. The molecule has 0 bridgehead atoms. The number of pyridine rings is 2. The lowest BCUT2D eigenvalue weighted by atomic mass is 9.92. The van der Waals surface area contributed by atoms with Gasteiger partial charge in [0.25, 0.3) is 0 Å². The van der Waals surface area contributed by atoms with E-state index in [1.54, 1.807) is 40.7 Å². The predicted molar refractivity (Wildman–Crippen MR) is 131 cm³/mol. The fourth-order valence-corrected chi connectivity index (χ4v) is 6.45. The number of nitrogens with one attached hydrogen (secondary N) is 1. The number of fused-ring (bicyclic) bond motifs is 1. The monoisotopic (exact) mass is 532 g/mol. The number of aliphatic hydroxyl groups excluding tert-OH is 2. The van der Waals surface area contributed by atoms with Gasteiger partial charge in [-0.15, -0.1) is 0 Å². The summed E-state index contributed by atoms with van der Waals surface area (Å²) in [7, 11) is -4.47. The molecule has 12 heteroatoms. The van der Waals surface area contributed by atoms with E-state index in [0.29, 0.717) is 16.5 Å². The van der Waals surface area contributed by atoms with Gasteiger partial charge in [0.15, 0.2) is 5.34 Å².